The Bertz CT molecular complexity index is 606. The maximum Gasteiger partial charge on any atom is 0.209 e. The minimum atomic E-state index is -0.0927. The number of nitrogens with one attached hydrogen (secondary N) is 1. The van der Waals surface area contributed by atoms with Crippen LogP contribution < -0.4 is 14.9 Å². The molecule has 90 valence electrons. The molecule has 0 amide bonds. The number of aromatic amines is 1. The third-order valence-electron chi connectivity index (χ3n) is 2.41. The molecular weight excluding hydrogens is 286 g/mol. The first-order valence-corrected chi connectivity index (χ1v) is 5.99. The van der Waals surface area contributed by atoms with Gasteiger partial charge in [-0.05, 0) is 35.0 Å². The predicted octanol–water partition coefficient (Wildman–Crippen LogP) is 2.70. The van der Waals surface area contributed by atoms with Crippen molar-refractivity contribution in [3.63, 3.8) is 0 Å². The summed E-state index contributed by atoms with van der Waals surface area (Å²) in [5.41, 5.74) is 0.603. The Labute approximate surface area is 107 Å². The van der Waals surface area contributed by atoms with E-state index in [1.165, 1.54) is 0 Å². The van der Waals surface area contributed by atoms with E-state index in [4.69, 9.17) is 9.47 Å². The lowest BCUT2D eigenvalue weighted by atomic mass is 10.2. The van der Waals surface area contributed by atoms with E-state index in [1.807, 2.05) is 6.92 Å². The fraction of sp³-hybridized carbons (Fsp3) is 0.250. The van der Waals surface area contributed by atoms with Crippen LogP contribution in [0.3, 0.4) is 0 Å². The first-order valence-electron chi connectivity index (χ1n) is 5.19. The fourth-order valence-electron chi connectivity index (χ4n) is 1.59. The summed E-state index contributed by atoms with van der Waals surface area (Å²) in [4.78, 5) is 15.1. The lowest BCUT2D eigenvalue weighted by Crippen LogP contribution is -2.08. The molecule has 1 aromatic carbocycles. The summed E-state index contributed by atoms with van der Waals surface area (Å²) in [5.74, 6) is 1.14. The molecule has 0 aliphatic rings. The molecule has 0 bridgehead atoms. The zero-order chi connectivity index (χ0) is 12.4. The van der Waals surface area contributed by atoms with E-state index in [9.17, 15) is 4.79 Å². The summed E-state index contributed by atoms with van der Waals surface area (Å²) >= 11 is 3.24. The van der Waals surface area contributed by atoms with Crippen LogP contribution >= 0.6 is 15.9 Å². The van der Waals surface area contributed by atoms with Crippen molar-refractivity contribution >= 4 is 26.8 Å². The van der Waals surface area contributed by atoms with Gasteiger partial charge in [-0.3, -0.25) is 4.79 Å². The number of fused-ring (bicyclic) bond motifs is 1. The number of hydrogen-bond donors (Lipinski definition) is 1. The molecule has 0 aliphatic heterocycles. The van der Waals surface area contributed by atoms with Gasteiger partial charge in [0.05, 0.1) is 19.2 Å². The summed E-state index contributed by atoms with van der Waals surface area (Å²) in [5, 5.41) is 0.598. The molecule has 0 aliphatic carbocycles. The van der Waals surface area contributed by atoms with Gasteiger partial charge in [0.25, 0.3) is 0 Å². The molecule has 4 nitrogen and oxygen atoms in total. The van der Waals surface area contributed by atoms with E-state index in [2.05, 4.69) is 20.9 Å². The number of H-pyrrole nitrogens is 1. The van der Waals surface area contributed by atoms with E-state index in [0.29, 0.717) is 33.6 Å². The highest BCUT2D eigenvalue weighted by molar-refractivity contribution is 9.10. The lowest BCUT2D eigenvalue weighted by Gasteiger charge is -2.08. The normalized spacial score (nSPS) is 10.5. The van der Waals surface area contributed by atoms with Crippen molar-refractivity contribution in [2.45, 2.75) is 6.92 Å². The van der Waals surface area contributed by atoms with Gasteiger partial charge in [-0.25, -0.2) is 0 Å². The summed E-state index contributed by atoms with van der Waals surface area (Å²) in [6, 6.07) is 5.25. The number of methoxy groups -OCH3 is 1. The summed E-state index contributed by atoms with van der Waals surface area (Å²) < 4.78 is 10.9. The van der Waals surface area contributed by atoms with Crippen LogP contribution in [0.1, 0.15) is 6.92 Å². The van der Waals surface area contributed by atoms with Gasteiger partial charge in [0.15, 0.2) is 0 Å². The minimum Gasteiger partial charge on any atom is -0.497 e. The highest BCUT2D eigenvalue weighted by atomic mass is 79.9. The van der Waals surface area contributed by atoms with Crippen molar-refractivity contribution in [3.05, 3.63) is 32.9 Å². The van der Waals surface area contributed by atoms with Crippen LogP contribution in [0.4, 0.5) is 0 Å². The first-order chi connectivity index (χ1) is 8.17. The van der Waals surface area contributed by atoms with Gasteiger partial charge in [-0.1, -0.05) is 0 Å². The molecule has 0 saturated heterocycles. The maximum absolute atomic E-state index is 12.0. The Morgan fingerprint density at radius 3 is 2.82 bits per heavy atom. The largest absolute Gasteiger partial charge is 0.497 e. The molecule has 1 heterocycles. The second-order valence-corrected chi connectivity index (χ2v) is 4.23. The van der Waals surface area contributed by atoms with Gasteiger partial charge in [0.1, 0.15) is 10.2 Å². The topological polar surface area (TPSA) is 51.3 Å². The van der Waals surface area contributed by atoms with Gasteiger partial charge in [0.2, 0.25) is 11.3 Å². The van der Waals surface area contributed by atoms with Crippen molar-refractivity contribution in [1.82, 2.24) is 4.98 Å². The summed E-state index contributed by atoms with van der Waals surface area (Å²) in [6.45, 7) is 2.35. The molecule has 0 fully saturated rings. The predicted molar refractivity (Wildman–Crippen MR) is 70.0 cm³/mol. The molecule has 1 aromatic heterocycles. The Morgan fingerprint density at radius 2 is 2.18 bits per heavy atom. The molecule has 2 rings (SSSR count). The minimum absolute atomic E-state index is 0.0927. The lowest BCUT2D eigenvalue weighted by molar-refractivity contribution is 0.325. The number of pyridine rings is 1. The Kier molecular flexibility index (Phi) is 3.38. The molecular formula is C12H12BrNO3. The fourth-order valence-corrected chi connectivity index (χ4v) is 2.02. The number of hydrogen-bond acceptors (Lipinski definition) is 3. The maximum atomic E-state index is 12.0. The van der Waals surface area contributed by atoms with Crippen molar-refractivity contribution in [2.24, 2.45) is 0 Å². The molecule has 5 heteroatoms. The Hall–Kier alpha value is -1.49. The van der Waals surface area contributed by atoms with Gasteiger partial charge < -0.3 is 14.5 Å². The molecule has 17 heavy (non-hydrogen) atoms. The second-order valence-electron chi connectivity index (χ2n) is 3.44. The average molecular weight is 298 g/mol. The number of benzene rings is 1. The number of halogens is 1. The van der Waals surface area contributed by atoms with E-state index in [1.54, 1.807) is 25.3 Å². The molecule has 2 aromatic rings. The van der Waals surface area contributed by atoms with Gasteiger partial charge in [-0.15, -0.1) is 0 Å². The highest BCUT2D eigenvalue weighted by Gasteiger charge is 2.10. The van der Waals surface area contributed by atoms with Crippen molar-refractivity contribution in [3.8, 4) is 11.6 Å². The van der Waals surface area contributed by atoms with Crippen LogP contribution in [0.2, 0.25) is 0 Å². The van der Waals surface area contributed by atoms with Crippen molar-refractivity contribution < 1.29 is 9.47 Å². The van der Waals surface area contributed by atoms with E-state index in [-0.39, 0.29) is 5.43 Å². The van der Waals surface area contributed by atoms with E-state index < -0.39 is 0 Å². The summed E-state index contributed by atoms with van der Waals surface area (Å²) in [6.07, 6.45) is 0. The van der Waals surface area contributed by atoms with Crippen LogP contribution in [0, 0.1) is 0 Å². The quantitative estimate of drug-likeness (QED) is 0.948. The Balaban J connectivity index is 2.72. The zero-order valence-electron chi connectivity index (χ0n) is 9.54. The SMILES string of the molecule is CCOc1[nH]c2cc(OC)ccc2c(=O)c1Br. The van der Waals surface area contributed by atoms with Crippen LogP contribution in [-0.2, 0) is 0 Å². The molecule has 0 unspecified atom stereocenters. The molecule has 0 saturated carbocycles. The number of ether oxygens (including phenoxy) is 2. The zero-order valence-corrected chi connectivity index (χ0v) is 11.1. The monoisotopic (exact) mass is 297 g/mol. The third-order valence-corrected chi connectivity index (χ3v) is 3.13. The van der Waals surface area contributed by atoms with Gasteiger partial charge in [-0.2, -0.15) is 0 Å². The smallest absolute Gasteiger partial charge is 0.209 e. The van der Waals surface area contributed by atoms with E-state index in [0.717, 1.165) is 0 Å². The molecule has 0 atom stereocenters. The number of aromatic nitrogens is 1. The molecule has 1 N–H and O–H groups in total. The van der Waals surface area contributed by atoms with Crippen LogP contribution in [0.25, 0.3) is 10.9 Å². The first kappa shape index (κ1) is 12.0. The van der Waals surface area contributed by atoms with Crippen LogP contribution in [-0.4, -0.2) is 18.7 Å². The summed E-state index contributed by atoms with van der Waals surface area (Å²) in [7, 11) is 1.58. The van der Waals surface area contributed by atoms with Gasteiger partial charge in [0, 0.05) is 11.5 Å². The second kappa shape index (κ2) is 4.79. The van der Waals surface area contributed by atoms with E-state index >= 15 is 0 Å². The average Bonchev–Trinajstić information content (AvgIpc) is 2.35. The number of rotatable bonds is 3. The van der Waals surface area contributed by atoms with Crippen molar-refractivity contribution in [1.29, 1.82) is 0 Å². The molecule has 0 radical (unpaired) electrons. The van der Waals surface area contributed by atoms with Crippen molar-refractivity contribution in [2.75, 3.05) is 13.7 Å². The third kappa shape index (κ3) is 2.15. The standard InChI is InChI=1S/C12H12BrNO3/c1-3-17-12-10(13)11(15)8-5-4-7(16-2)6-9(8)14-12/h4-6H,3H2,1-2H3,(H,14,15). The molecule has 0 spiro atoms. The Morgan fingerprint density at radius 1 is 1.41 bits per heavy atom. The van der Waals surface area contributed by atoms with Crippen LogP contribution in [0.5, 0.6) is 11.6 Å². The van der Waals surface area contributed by atoms with Crippen LogP contribution in [0.15, 0.2) is 27.5 Å². The van der Waals surface area contributed by atoms with Gasteiger partial charge >= 0.3 is 0 Å². The highest BCUT2D eigenvalue weighted by Crippen LogP contribution is 2.24.